The lowest BCUT2D eigenvalue weighted by molar-refractivity contribution is -0.113. The molecule has 0 fully saturated rings. The van der Waals surface area contributed by atoms with E-state index in [0.29, 0.717) is 21.5 Å². The molecule has 0 saturated heterocycles. The van der Waals surface area contributed by atoms with E-state index in [9.17, 15) is 9.59 Å². The summed E-state index contributed by atoms with van der Waals surface area (Å²) in [6, 6.07) is 7.85. The van der Waals surface area contributed by atoms with E-state index in [-0.39, 0.29) is 17.8 Å². The summed E-state index contributed by atoms with van der Waals surface area (Å²) in [5, 5.41) is 12.6. The molecule has 0 radical (unpaired) electrons. The standard InChI is InChI=1S/C25H30N4O4S2/c1-15-9-8-10-17(13-15)33-16(2)22-27-28-25(29(22)3)34-14-20(30)26-23-21(24(31)32-4)18-11-6-5-7-12-19(18)35-23/h8-10,13,16H,5-7,11-12,14H2,1-4H3,(H,26,30). The number of rotatable bonds is 8. The number of fused-ring (bicyclic) bond motifs is 1. The fourth-order valence-electron chi connectivity index (χ4n) is 4.19. The number of aryl methyl sites for hydroxylation is 2. The Morgan fingerprint density at radius 3 is 2.80 bits per heavy atom. The second-order valence-corrected chi connectivity index (χ2v) is 10.6. The van der Waals surface area contributed by atoms with Gasteiger partial charge >= 0.3 is 5.97 Å². The van der Waals surface area contributed by atoms with Gasteiger partial charge in [0.1, 0.15) is 10.8 Å². The van der Waals surface area contributed by atoms with Crippen LogP contribution in [-0.2, 0) is 29.4 Å². The monoisotopic (exact) mass is 514 g/mol. The largest absolute Gasteiger partial charge is 0.483 e. The van der Waals surface area contributed by atoms with Crippen LogP contribution in [0.4, 0.5) is 5.00 Å². The van der Waals surface area contributed by atoms with Crippen LogP contribution >= 0.6 is 23.1 Å². The predicted octanol–water partition coefficient (Wildman–Crippen LogP) is 5.11. The van der Waals surface area contributed by atoms with Crippen molar-refractivity contribution in [2.75, 3.05) is 18.2 Å². The number of esters is 1. The number of anilines is 1. The summed E-state index contributed by atoms with van der Waals surface area (Å²) in [6.45, 7) is 3.93. The Morgan fingerprint density at radius 1 is 1.23 bits per heavy atom. The Bertz CT molecular complexity index is 1220. The summed E-state index contributed by atoms with van der Waals surface area (Å²) in [5.74, 6) is 0.981. The predicted molar refractivity (Wildman–Crippen MR) is 137 cm³/mol. The molecule has 1 aromatic carbocycles. The number of nitrogens with one attached hydrogen (secondary N) is 1. The molecule has 3 aromatic rings. The zero-order valence-corrected chi connectivity index (χ0v) is 22.1. The summed E-state index contributed by atoms with van der Waals surface area (Å²) in [7, 11) is 3.23. The van der Waals surface area contributed by atoms with E-state index in [4.69, 9.17) is 9.47 Å². The van der Waals surface area contributed by atoms with Crippen LogP contribution in [-0.4, -0.2) is 39.5 Å². The van der Waals surface area contributed by atoms with Crippen molar-refractivity contribution in [3.8, 4) is 5.75 Å². The van der Waals surface area contributed by atoms with Crippen molar-refractivity contribution in [1.82, 2.24) is 14.8 Å². The van der Waals surface area contributed by atoms with E-state index in [0.717, 1.165) is 49.0 Å². The maximum absolute atomic E-state index is 12.8. The average Bonchev–Trinajstić information content (AvgIpc) is 3.27. The molecule has 1 N–H and O–H groups in total. The number of aromatic nitrogens is 3. The fraction of sp³-hybridized carbons (Fsp3) is 0.440. The Kier molecular flexibility index (Phi) is 8.12. The van der Waals surface area contributed by atoms with E-state index in [1.807, 2.05) is 49.7 Å². The Labute approximate surface area is 213 Å². The molecule has 0 saturated carbocycles. The SMILES string of the molecule is COC(=O)c1c(NC(=O)CSc2nnc(C(C)Oc3cccc(C)c3)n2C)sc2c1CCCCC2. The number of thiophene rings is 1. The van der Waals surface area contributed by atoms with Gasteiger partial charge in [-0.05, 0) is 62.8 Å². The first-order valence-corrected chi connectivity index (χ1v) is 13.5. The topological polar surface area (TPSA) is 95.3 Å². The molecule has 2 aromatic heterocycles. The van der Waals surface area contributed by atoms with Crippen molar-refractivity contribution in [3.05, 3.63) is 51.7 Å². The van der Waals surface area contributed by atoms with Crippen LogP contribution in [0.5, 0.6) is 5.75 Å². The highest BCUT2D eigenvalue weighted by atomic mass is 32.2. The van der Waals surface area contributed by atoms with Gasteiger partial charge in [0.25, 0.3) is 0 Å². The molecular weight excluding hydrogens is 484 g/mol. The molecule has 0 bridgehead atoms. The first kappa shape index (κ1) is 25.2. The number of hydrogen-bond donors (Lipinski definition) is 1. The van der Waals surface area contributed by atoms with Gasteiger partial charge in [0.05, 0.1) is 18.4 Å². The molecule has 10 heteroatoms. The number of carbonyl (C=O) groups is 2. The summed E-state index contributed by atoms with van der Waals surface area (Å²) in [5.41, 5.74) is 2.66. The third-order valence-electron chi connectivity index (χ3n) is 5.93. The molecule has 1 aliphatic rings. The number of hydrogen-bond acceptors (Lipinski definition) is 8. The van der Waals surface area contributed by atoms with Crippen molar-refractivity contribution in [1.29, 1.82) is 0 Å². The zero-order chi connectivity index (χ0) is 24.9. The first-order chi connectivity index (χ1) is 16.9. The van der Waals surface area contributed by atoms with Crippen LogP contribution in [0, 0.1) is 6.92 Å². The maximum Gasteiger partial charge on any atom is 0.341 e. The van der Waals surface area contributed by atoms with E-state index < -0.39 is 5.97 Å². The van der Waals surface area contributed by atoms with E-state index in [2.05, 4.69) is 15.5 Å². The lowest BCUT2D eigenvalue weighted by Crippen LogP contribution is -2.17. The van der Waals surface area contributed by atoms with Gasteiger partial charge in [-0.15, -0.1) is 21.5 Å². The maximum atomic E-state index is 12.8. The van der Waals surface area contributed by atoms with Crippen LogP contribution in [0.15, 0.2) is 29.4 Å². The van der Waals surface area contributed by atoms with Gasteiger partial charge in [-0.1, -0.05) is 30.3 Å². The highest BCUT2D eigenvalue weighted by Gasteiger charge is 2.26. The molecule has 1 unspecified atom stereocenters. The average molecular weight is 515 g/mol. The van der Waals surface area contributed by atoms with Crippen molar-refractivity contribution in [2.45, 2.75) is 57.2 Å². The Hall–Kier alpha value is -2.85. The second kappa shape index (κ2) is 11.3. The third kappa shape index (κ3) is 5.87. The van der Waals surface area contributed by atoms with E-state index >= 15 is 0 Å². The van der Waals surface area contributed by atoms with Crippen LogP contribution in [0.3, 0.4) is 0 Å². The Morgan fingerprint density at radius 2 is 2.03 bits per heavy atom. The number of methoxy groups -OCH3 is 1. The molecule has 1 atom stereocenters. The number of ether oxygens (including phenoxy) is 2. The normalized spacial score (nSPS) is 14.1. The minimum atomic E-state index is -0.395. The quantitative estimate of drug-likeness (QED) is 0.253. The molecule has 1 aliphatic carbocycles. The van der Waals surface area contributed by atoms with Gasteiger partial charge in [-0.3, -0.25) is 4.79 Å². The number of thioether (sulfide) groups is 1. The first-order valence-electron chi connectivity index (χ1n) is 11.7. The van der Waals surface area contributed by atoms with Gasteiger partial charge in [0.15, 0.2) is 17.1 Å². The fourth-order valence-corrected chi connectivity index (χ4v) is 6.20. The molecule has 8 nitrogen and oxygen atoms in total. The summed E-state index contributed by atoms with van der Waals surface area (Å²) in [6.07, 6.45) is 4.75. The lowest BCUT2D eigenvalue weighted by atomic mass is 10.1. The number of nitrogens with zero attached hydrogens (tertiary/aromatic N) is 3. The van der Waals surface area contributed by atoms with Crippen molar-refractivity contribution in [3.63, 3.8) is 0 Å². The third-order valence-corrected chi connectivity index (χ3v) is 8.16. The summed E-state index contributed by atoms with van der Waals surface area (Å²) in [4.78, 5) is 26.5. The van der Waals surface area contributed by atoms with Crippen molar-refractivity contribution < 1.29 is 19.1 Å². The molecule has 186 valence electrons. The van der Waals surface area contributed by atoms with Crippen LogP contribution < -0.4 is 10.1 Å². The molecule has 35 heavy (non-hydrogen) atoms. The van der Waals surface area contributed by atoms with Gasteiger partial charge in [-0.25, -0.2) is 4.79 Å². The molecule has 0 spiro atoms. The zero-order valence-electron chi connectivity index (χ0n) is 20.4. The minimum absolute atomic E-state index is 0.141. The van der Waals surface area contributed by atoms with Gasteiger partial charge in [0, 0.05) is 11.9 Å². The van der Waals surface area contributed by atoms with Gasteiger partial charge in [0.2, 0.25) is 5.91 Å². The number of benzene rings is 1. The summed E-state index contributed by atoms with van der Waals surface area (Å²) < 4.78 is 12.9. The molecular formula is C25H30N4O4S2. The Balaban J connectivity index is 1.41. The van der Waals surface area contributed by atoms with Gasteiger partial charge in [-0.2, -0.15) is 0 Å². The molecule has 1 amide bonds. The second-order valence-electron chi connectivity index (χ2n) is 8.57. The van der Waals surface area contributed by atoms with Crippen molar-refractivity contribution >= 4 is 40.0 Å². The van der Waals surface area contributed by atoms with Gasteiger partial charge < -0.3 is 19.4 Å². The van der Waals surface area contributed by atoms with Crippen LogP contribution in [0.1, 0.15) is 64.5 Å². The molecule has 0 aliphatic heterocycles. The highest BCUT2D eigenvalue weighted by Crippen LogP contribution is 2.38. The number of carbonyl (C=O) groups excluding carboxylic acids is 2. The van der Waals surface area contributed by atoms with E-state index in [1.165, 1.54) is 35.1 Å². The summed E-state index contributed by atoms with van der Waals surface area (Å²) >= 11 is 2.78. The smallest absolute Gasteiger partial charge is 0.341 e. The van der Waals surface area contributed by atoms with Crippen LogP contribution in [0.25, 0.3) is 0 Å². The van der Waals surface area contributed by atoms with Crippen LogP contribution in [0.2, 0.25) is 0 Å². The van der Waals surface area contributed by atoms with Crippen molar-refractivity contribution in [2.24, 2.45) is 7.05 Å². The number of amides is 1. The minimum Gasteiger partial charge on any atom is -0.483 e. The highest BCUT2D eigenvalue weighted by molar-refractivity contribution is 7.99. The molecule has 2 heterocycles. The molecule has 4 rings (SSSR count). The lowest BCUT2D eigenvalue weighted by Gasteiger charge is -2.14. The van der Waals surface area contributed by atoms with E-state index in [1.54, 1.807) is 0 Å².